The first-order chi connectivity index (χ1) is 11.0. The van der Waals surface area contributed by atoms with Gasteiger partial charge in [-0.3, -0.25) is 4.40 Å². The first-order valence-electron chi connectivity index (χ1n) is 6.92. The van der Waals surface area contributed by atoms with Crippen LogP contribution in [0.1, 0.15) is 21.1 Å². The van der Waals surface area contributed by atoms with Gasteiger partial charge in [0.2, 0.25) is 0 Å². The van der Waals surface area contributed by atoms with Gasteiger partial charge >= 0.3 is 5.97 Å². The average molecular weight is 332 g/mol. The van der Waals surface area contributed by atoms with Gasteiger partial charge in [0.1, 0.15) is 16.4 Å². The normalized spacial score (nSPS) is 11.0. The second-order valence-electron chi connectivity index (χ2n) is 5.05. The van der Waals surface area contributed by atoms with Crippen LogP contribution in [0.2, 0.25) is 0 Å². The third-order valence-electron chi connectivity index (χ3n) is 3.79. The van der Waals surface area contributed by atoms with Crippen LogP contribution >= 0.6 is 11.3 Å². The number of carboxylic acid groups (broad SMARTS) is 1. The molecule has 2 aromatic heterocycles. The lowest BCUT2D eigenvalue weighted by atomic mass is 10.1. The van der Waals surface area contributed by atoms with Crippen LogP contribution in [-0.4, -0.2) is 34.7 Å². The highest BCUT2D eigenvalue weighted by Crippen LogP contribution is 2.37. The van der Waals surface area contributed by atoms with E-state index in [0.29, 0.717) is 27.0 Å². The van der Waals surface area contributed by atoms with E-state index in [2.05, 4.69) is 4.98 Å². The SMILES string of the molecule is COc1ccc(OC)c(-c2nc3sc(C(=O)O)c(C)n3c2C)c1. The lowest BCUT2D eigenvalue weighted by molar-refractivity contribution is 0.0701. The summed E-state index contributed by atoms with van der Waals surface area (Å²) >= 11 is 1.17. The summed E-state index contributed by atoms with van der Waals surface area (Å²) in [6, 6.07) is 5.52. The minimum Gasteiger partial charge on any atom is -0.497 e. The molecular weight excluding hydrogens is 316 g/mol. The Hall–Kier alpha value is -2.54. The molecule has 0 aliphatic rings. The fourth-order valence-electron chi connectivity index (χ4n) is 2.66. The number of hydrogen-bond donors (Lipinski definition) is 1. The molecule has 0 atom stereocenters. The van der Waals surface area contributed by atoms with Crippen molar-refractivity contribution in [2.75, 3.05) is 14.2 Å². The van der Waals surface area contributed by atoms with Gasteiger partial charge in [-0.05, 0) is 32.0 Å². The number of benzene rings is 1. The van der Waals surface area contributed by atoms with Crippen molar-refractivity contribution in [3.05, 3.63) is 34.5 Å². The van der Waals surface area contributed by atoms with Crippen LogP contribution in [0.15, 0.2) is 18.2 Å². The number of aromatic carboxylic acids is 1. The van der Waals surface area contributed by atoms with Crippen molar-refractivity contribution < 1.29 is 19.4 Å². The molecule has 7 heteroatoms. The summed E-state index contributed by atoms with van der Waals surface area (Å²) in [7, 11) is 3.21. The van der Waals surface area contributed by atoms with E-state index in [9.17, 15) is 9.90 Å². The van der Waals surface area contributed by atoms with E-state index in [1.54, 1.807) is 21.1 Å². The minimum absolute atomic E-state index is 0.305. The fourth-order valence-corrected chi connectivity index (χ4v) is 3.67. The number of aromatic nitrogens is 2. The molecule has 0 radical (unpaired) electrons. The predicted molar refractivity (Wildman–Crippen MR) is 88.0 cm³/mol. The summed E-state index contributed by atoms with van der Waals surface area (Å²) in [5.41, 5.74) is 3.12. The maximum absolute atomic E-state index is 11.3. The fraction of sp³-hybridized carbons (Fsp3) is 0.250. The van der Waals surface area contributed by atoms with E-state index < -0.39 is 5.97 Å². The second kappa shape index (κ2) is 5.58. The molecular formula is C16H16N2O4S. The first-order valence-corrected chi connectivity index (χ1v) is 7.73. The average Bonchev–Trinajstić information content (AvgIpc) is 3.04. The molecule has 120 valence electrons. The molecule has 0 aliphatic carbocycles. The molecule has 0 fully saturated rings. The lowest BCUT2D eigenvalue weighted by Gasteiger charge is -2.09. The molecule has 0 bridgehead atoms. The molecule has 2 heterocycles. The molecule has 1 N–H and O–H groups in total. The molecule has 1 aromatic carbocycles. The van der Waals surface area contributed by atoms with Gasteiger partial charge in [-0.1, -0.05) is 11.3 Å². The molecule has 0 amide bonds. The Bertz CT molecular complexity index is 911. The Morgan fingerprint density at radius 3 is 2.52 bits per heavy atom. The zero-order valence-corrected chi connectivity index (χ0v) is 14.0. The van der Waals surface area contributed by atoms with Crippen molar-refractivity contribution in [2.45, 2.75) is 13.8 Å². The number of carboxylic acids is 1. The number of carbonyl (C=O) groups is 1. The van der Waals surface area contributed by atoms with Gasteiger partial charge in [0.25, 0.3) is 0 Å². The number of thiazole rings is 1. The molecule has 3 aromatic rings. The summed E-state index contributed by atoms with van der Waals surface area (Å²) in [5.74, 6) is 0.466. The Morgan fingerprint density at radius 1 is 1.22 bits per heavy atom. The van der Waals surface area contributed by atoms with Crippen LogP contribution in [0, 0.1) is 13.8 Å². The zero-order chi connectivity index (χ0) is 16.7. The maximum Gasteiger partial charge on any atom is 0.347 e. The van der Waals surface area contributed by atoms with Gasteiger partial charge in [0.15, 0.2) is 4.96 Å². The van der Waals surface area contributed by atoms with Crippen molar-refractivity contribution in [2.24, 2.45) is 0 Å². The van der Waals surface area contributed by atoms with E-state index >= 15 is 0 Å². The second-order valence-corrected chi connectivity index (χ2v) is 6.03. The highest BCUT2D eigenvalue weighted by molar-refractivity contribution is 7.19. The highest BCUT2D eigenvalue weighted by Gasteiger charge is 2.22. The standard InChI is InChI=1S/C16H16N2O4S/c1-8-13(11-7-10(21-3)5-6-12(11)22-4)17-16-18(8)9(2)14(23-16)15(19)20/h5-7H,1-4H3,(H,19,20). The minimum atomic E-state index is -0.932. The van der Waals surface area contributed by atoms with Gasteiger partial charge in [-0.15, -0.1) is 0 Å². The zero-order valence-electron chi connectivity index (χ0n) is 13.2. The molecule has 0 unspecified atom stereocenters. The monoisotopic (exact) mass is 332 g/mol. The number of fused-ring (bicyclic) bond motifs is 1. The van der Waals surface area contributed by atoms with E-state index in [4.69, 9.17) is 9.47 Å². The van der Waals surface area contributed by atoms with Gasteiger partial charge < -0.3 is 14.6 Å². The third kappa shape index (κ3) is 2.33. The van der Waals surface area contributed by atoms with Crippen molar-refractivity contribution in [3.63, 3.8) is 0 Å². The molecule has 0 saturated heterocycles. The number of hydrogen-bond acceptors (Lipinski definition) is 5. The van der Waals surface area contributed by atoms with Crippen LogP contribution < -0.4 is 9.47 Å². The van der Waals surface area contributed by atoms with Crippen LogP contribution in [0.4, 0.5) is 0 Å². The largest absolute Gasteiger partial charge is 0.497 e. The third-order valence-corrected chi connectivity index (χ3v) is 4.92. The smallest absolute Gasteiger partial charge is 0.347 e. The predicted octanol–water partition coefficient (Wildman–Crippen LogP) is 3.40. The summed E-state index contributed by atoms with van der Waals surface area (Å²) < 4.78 is 12.6. The molecule has 3 rings (SSSR count). The summed E-state index contributed by atoms with van der Waals surface area (Å²) in [4.78, 5) is 16.8. The Morgan fingerprint density at radius 2 is 1.96 bits per heavy atom. The molecule has 6 nitrogen and oxygen atoms in total. The van der Waals surface area contributed by atoms with E-state index in [0.717, 1.165) is 17.0 Å². The summed E-state index contributed by atoms with van der Waals surface area (Å²) in [5, 5.41) is 9.25. The maximum atomic E-state index is 11.3. The molecule has 23 heavy (non-hydrogen) atoms. The van der Waals surface area contributed by atoms with Gasteiger partial charge in [-0.25, -0.2) is 9.78 Å². The van der Waals surface area contributed by atoms with Crippen LogP contribution in [0.3, 0.4) is 0 Å². The first kappa shape index (κ1) is 15.4. The molecule has 0 aliphatic heterocycles. The van der Waals surface area contributed by atoms with E-state index in [-0.39, 0.29) is 0 Å². The topological polar surface area (TPSA) is 73.1 Å². The Kier molecular flexibility index (Phi) is 3.73. The summed E-state index contributed by atoms with van der Waals surface area (Å²) in [6.45, 7) is 3.70. The van der Waals surface area contributed by atoms with Gasteiger partial charge in [0, 0.05) is 17.0 Å². The highest BCUT2D eigenvalue weighted by atomic mass is 32.1. The van der Waals surface area contributed by atoms with Crippen LogP contribution in [-0.2, 0) is 0 Å². The Balaban J connectivity index is 2.26. The Labute approximate surface area is 136 Å². The molecule has 0 spiro atoms. The van der Waals surface area contributed by atoms with E-state index in [1.807, 2.05) is 29.5 Å². The number of methoxy groups -OCH3 is 2. The number of ether oxygens (including phenoxy) is 2. The summed E-state index contributed by atoms with van der Waals surface area (Å²) in [6.07, 6.45) is 0. The van der Waals surface area contributed by atoms with E-state index in [1.165, 1.54) is 11.3 Å². The van der Waals surface area contributed by atoms with Crippen molar-refractivity contribution in [1.29, 1.82) is 0 Å². The molecule has 0 saturated carbocycles. The van der Waals surface area contributed by atoms with Gasteiger partial charge in [0.05, 0.1) is 19.9 Å². The van der Waals surface area contributed by atoms with Crippen molar-refractivity contribution >= 4 is 22.3 Å². The van der Waals surface area contributed by atoms with Crippen molar-refractivity contribution in [3.8, 4) is 22.8 Å². The lowest BCUT2D eigenvalue weighted by Crippen LogP contribution is -1.98. The van der Waals surface area contributed by atoms with Gasteiger partial charge in [-0.2, -0.15) is 0 Å². The van der Waals surface area contributed by atoms with Crippen LogP contribution in [0.25, 0.3) is 16.2 Å². The number of imidazole rings is 1. The number of aryl methyl sites for hydroxylation is 2. The quantitative estimate of drug-likeness (QED) is 0.793. The number of rotatable bonds is 4. The number of nitrogens with zero attached hydrogens (tertiary/aromatic N) is 2. The van der Waals surface area contributed by atoms with Crippen LogP contribution in [0.5, 0.6) is 11.5 Å². The van der Waals surface area contributed by atoms with Crippen molar-refractivity contribution in [1.82, 2.24) is 9.38 Å².